The molecule has 0 unspecified atom stereocenters. The van der Waals surface area contributed by atoms with Gasteiger partial charge in [-0.2, -0.15) is 0 Å². The minimum atomic E-state index is -3.61. The third-order valence-corrected chi connectivity index (χ3v) is 10.6. The number of nitrogens with zero attached hydrogens (tertiary/aromatic N) is 4. The second-order valence-corrected chi connectivity index (χ2v) is 13.9. The number of nitrogens with one attached hydrogen (secondary N) is 1. The van der Waals surface area contributed by atoms with E-state index in [0.29, 0.717) is 10.9 Å². The molecule has 1 aliphatic rings. The molecule has 0 saturated carbocycles. The van der Waals surface area contributed by atoms with Crippen molar-refractivity contribution >= 4 is 21.8 Å². The monoisotopic (exact) mass is 657 g/mol. The molecule has 12 heteroatoms. The lowest BCUT2D eigenvalue weighted by Crippen LogP contribution is -2.38. The van der Waals surface area contributed by atoms with Crippen LogP contribution in [0.4, 0.5) is 0 Å². The second kappa shape index (κ2) is 14.2. The van der Waals surface area contributed by atoms with Gasteiger partial charge >= 0.3 is 0 Å². The van der Waals surface area contributed by atoms with Crippen LogP contribution in [0.15, 0.2) is 113 Å². The van der Waals surface area contributed by atoms with Gasteiger partial charge in [0.15, 0.2) is 6.29 Å². The lowest BCUT2D eigenvalue weighted by molar-refractivity contribution is -0.268. The summed E-state index contributed by atoms with van der Waals surface area (Å²) in [5, 5.41) is 22.0. The van der Waals surface area contributed by atoms with Crippen molar-refractivity contribution in [1.82, 2.24) is 24.9 Å². The zero-order valence-electron chi connectivity index (χ0n) is 25.4. The molecular formula is C34H35N5O5S2. The lowest BCUT2D eigenvalue weighted by atomic mass is 9.91. The molecule has 2 heterocycles. The van der Waals surface area contributed by atoms with E-state index >= 15 is 0 Å². The van der Waals surface area contributed by atoms with Gasteiger partial charge in [0.05, 0.1) is 23.7 Å². The van der Waals surface area contributed by atoms with Crippen LogP contribution in [0.1, 0.15) is 41.6 Å². The van der Waals surface area contributed by atoms with Crippen LogP contribution in [0.2, 0.25) is 0 Å². The summed E-state index contributed by atoms with van der Waals surface area (Å²) >= 11 is 1.54. The highest BCUT2D eigenvalue weighted by atomic mass is 32.2. The highest BCUT2D eigenvalue weighted by Gasteiger charge is 2.38. The Kier molecular flexibility index (Phi) is 9.92. The highest BCUT2D eigenvalue weighted by molar-refractivity contribution is 7.99. The fraction of sp³-hybridized carbons (Fsp3) is 0.265. The summed E-state index contributed by atoms with van der Waals surface area (Å²) in [7, 11) is -1.80. The number of hydrogen-bond acceptors (Lipinski definition) is 9. The molecule has 1 aromatic heterocycles. The zero-order valence-corrected chi connectivity index (χ0v) is 27.1. The Labute approximate surface area is 272 Å². The summed E-state index contributed by atoms with van der Waals surface area (Å²) in [6.45, 7) is 2.28. The van der Waals surface area contributed by atoms with Crippen molar-refractivity contribution in [2.75, 3.05) is 5.75 Å². The summed E-state index contributed by atoms with van der Waals surface area (Å²) in [5.41, 5.74) is 5.55. The smallest absolute Gasteiger partial charge is 0.240 e. The Balaban J connectivity index is 1.19. The standard InChI is InChI=1S/C34H35N5O5S2/c1-23-31(22-45-34-36-37-38-39(34)2)43-33(44-32(23)27-13-11-24(21-40)12-14-27)28-17-15-26(16-18-28)29-8-6-7-25(19-29)20-35-46(41,42)30-9-4-3-5-10-30/h3-19,23,31-33,35,40H,20-22H2,1-2H3/t23-,31+,32+,33+/m0/s1. The third-order valence-electron chi connectivity index (χ3n) is 8.04. The van der Waals surface area contributed by atoms with E-state index in [2.05, 4.69) is 27.2 Å². The molecule has 1 saturated heterocycles. The van der Waals surface area contributed by atoms with Gasteiger partial charge in [-0.3, -0.25) is 0 Å². The van der Waals surface area contributed by atoms with Crippen molar-refractivity contribution in [2.45, 2.75) is 48.6 Å². The number of aliphatic hydroxyl groups excluding tert-OH is 1. The number of aliphatic hydroxyl groups is 1. The van der Waals surface area contributed by atoms with Crippen LogP contribution in [-0.2, 0) is 39.7 Å². The fourth-order valence-electron chi connectivity index (χ4n) is 5.36. The molecule has 4 atom stereocenters. The average molecular weight is 658 g/mol. The van der Waals surface area contributed by atoms with Crippen LogP contribution in [0.5, 0.6) is 0 Å². The Hall–Kier alpha value is -3.91. The van der Waals surface area contributed by atoms with E-state index in [9.17, 15) is 13.5 Å². The Morgan fingerprint density at radius 3 is 2.30 bits per heavy atom. The molecule has 6 rings (SSSR count). The van der Waals surface area contributed by atoms with Crippen LogP contribution in [0.25, 0.3) is 11.1 Å². The Morgan fingerprint density at radius 2 is 1.61 bits per heavy atom. The molecule has 0 radical (unpaired) electrons. The van der Waals surface area contributed by atoms with E-state index in [-0.39, 0.29) is 36.2 Å². The molecule has 1 aliphatic heterocycles. The summed E-state index contributed by atoms with van der Waals surface area (Å²) in [6.07, 6.45) is -0.987. The van der Waals surface area contributed by atoms with Crippen molar-refractivity contribution in [2.24, 2.45) is 13.0 Å². The number of sulfonamides is 1. The Morgan fingerprint density at radius 1 is 0.870 bits per heavy atom. The molecule has 46 heavy (non-hydrogen) atoms. The largest absolute Gasteiger partial charge is 0.392 e. The van der Waals surface area contributed by atoms with E-state index in [4.69, 9.17) is 9.47 Å². The maximum absolute atomic E-state index is 12.7. The lowest BCUT2D eigenvalue weighted by Gasteiger charge is -2.41. The summed E-state index contributed by atoms with van der Waals surface area (Å²) in [4.78, 5) is 0.235. The van der Waals surface area contributed by atoms with E-state index in [1.165, 1.54) is 0 Å². The first-order valence-corrected chi connectivity index (χ1v) is 17.4. The van der Waals surface area contributed by atoms with Gasteiger partial charge in [0.2, 0.25) is 15.2 Å². The van der Waals surface area contributed by atoms with Crippen LogP contribution in [0, 0.1) is 5.92 Å². The molecule has 0 amide bonds. The van der Waals surface area contributed by atoms with E-state index in [0.717, 1.165) is 33.4 Å². The summed E-state index contributed by atoms with van der Waals surface area (Å²) < 4.78 is 42.9. The minimum Gasteiger partial charge on any atom is -0.392 e. The van der Waals surface area contributed by atoms with E-state index in [1.807, 2.05) is 79.8 Å². The molecule has 238 valence electrons. The van der Waals surface area contributed by atoms with Crippen LogP contribution >= 0.6 is 11.8 Å². The molecular weight excluding hydrogens is 623 g/mol. The molecule has 0 bridgehead atoms. The topological polar surface area (TPSA) is 128 Å². The minimum absolute atomic E-state index is 0.0172. The maximum Gasteiger partial charge on any atom is 0.240 e. The predicted octanol–water partition coefficient (Wildman–Crippen LogP) is 5.43. The third kappa shape index (κ3) is 7.38. The number of aromatic nitrogens is 4. The second-order valence-electron chi connectivity index (χ2n) is 11.2. The van der Waals surface area contributed by atoms with E-state index in [1.54, 1.807) is 46.8 Å². The maximum atomic E-state index is 12.7. The quantitative estimate of drug-likeness (QED) is 0.179. The SMILES string of the molecule is C[C@H]1[C@@H](CSc2nnnn2C)O[C@@H](c2ccc(-c3cccc(CNS(=O)(=O)c4ccccc4)c3)cc2)O[C@H]1c1ccc(CO)cc1. The molecule has 4 aromatic carbocycles. The number of hydrogen-bond donors (Lipinski definition) is 2. The van der Waals surface area contributed by atoms with Gasteiger partial charge in [0.25, 0.3) is 0 Å². The number of rotatable bonds is 11. The average Bonchev–Trinajstić information content (AvgIpc) is 3.52. The first kappa shape index (κ1) is 32.0. The van der Waals surface area contributed by atoms with Gasteiger partial charge in [0, 0.05) is 30.8 Å². The summed E-state index contributed by atoms with van der Waals surface area (Å²) in [6, 6.07) is 32.0. The van der Waals surface area contributed by atoms with Crippen molar-refractivity contribution < 1.29 is 23.0 Å². The van der Waals surface area contributed by atoms with Gasteiger partial charge in [-0.05, 0) is 56.4 Å². The van der Waals surface area contributed by atoms with Gasteiger partial charge in [-0.1, -0.05) is 104 Å². The number of aryl methyl sites for hydroxylation is 1. The first-order valence-electron chi connectivity index (χ1n) is 14.9. The van der Waals surface area contributed by atoms with Crippen molar-refractivity contribution in [3.8, 4) is 11.1 Å². The predicted molar refractivity (Wildman–Crippen MR) is 175 cm³/mol. The number of ether oxygens (including phenoxy) is 2. The van der Waals surface area contributed by atoms with Gasteiger partial charge < -0.3 is 14.6 Å². The molecule has 5 aromatic rings. The molecule has 0 spiro atoms. The van der Waals surface area contributed by atoms with Crippen LogP contribution in [0.3, 0.4) is 0 Å². The fourth-order valence-corrected chi connectivity index (χ4v) is 7.42. The molecule has 0 aliphatic carbocycles. The first-order chi connectivity index (χ1) is 22.3. The molecule has 10 nitrogen and oxygen atoms in total. The molecule has 2 N–H and O–H groups in total. The zero-order chi connectivity index (χ0) is 32.1. The van der Waals surface area contributed by atoms with E-state index < -0.39 is 16.3 Å². The van der Waals surface area contributed by atoms with Gasteiger partial charge in [0.1, 0.15) is 0 Å². The highest BCUT2D eigenvalue weighted by Crippen LogP contribution is 2.43. The molecule has 1 fully saturated rings. The normalized spacial score (nSPS) is 20.1. The van der Waals surface area contributed by atoms with Crippen molar-refractivity contribution in [1.29, 1.82) is 0 Å². The van der Waals surface area contributed by atoms with Crippen molar-refractivity contribution in [3.63, 3.8) is 0 Å². The summed E-state index contributed by atoms with van der Waals surface area (Å²) in [5.74, 6) is 0.672. The number of tetrazole rings is 1. The van der Waals surface area contributed by atoms with Crippen LogP contribution < -0.4 is 4.72 Å². The number of benzene rings is 4. The van der Waals surface area contributed by atoms with Gasteiger partial charge in [-0.25, -0.2) is 17.8 Å². The Bertz CT molecular complexity index is 1850. The number of thioether (sulfide) groups is 1. The van der Waals surface area contributed by atoms with Crippen molar-refractivity contribution in [3.05, 3.63) is 125 Å². The van der Waals surface area contributed by atoms with Crippen LogP contribution in [-0.4, -0.2) is 45.6 Å². The van der Waals surface area contributed by atoms with Gasteiger partial charge in [-0.15, -0.1) is 5.10 Å².